The van der Waals surface area contributed by atoms with E-state index in [0.717, 1.165) is 29.0 Å². The van der Waals surface area contributed by atoms with Crippen LogP contribution in [0.25, 0.3) is 10.2 Å². The van der Waals surface area contributed by atoms with Crippen LogP contribution >= 0.6 is 11.3 Å². The summed E-state index contributed by atoms with van der Waals surface area (Å²) >= 11 is 1.77. The summed E-state index contributed by atoms with van der Waals surface area (Å²) in [5.74, 6) is 1.88. The van der Waals surface area contributed by atoms with Crippen molar-refractivity contribution in [1.29, 1.82) is 0 Å². The third-order valence-electron chi connectivity index (χ3n) is 4.51. The first-order chi connectivity index (χ1) is 9.70. The summed E-state index contributed by atoms with van der Waals surface area (Å²) in [5.41, 5.74) is 2.41. The molecule has 0 bridgehead atoms. The number of thiazole rings is 1. The van der Waals surface area contributed by atoms with E-state index in [1.54, 1.807) is 11.3 Å². The van der Waals surface area contributed by atoms with Gasteiger partial charge in [0.2, 0.25) is 0 Å². The molecule has 1 saturated carbocycles. The van der Waals surface area contributed by atoms with Gasteiger partial charge in [-0.1, -0.05) is 50.0 Å². The number of nitrogens with one attached hydrogen (secondary N) is 1. The highest BCUT2D eigenvalue weighted by molar-refractivity contribution is 7.22. The first kappa shape index (κ1) is 13.9. The van der Waals surface area contributed by atoms with Crippen LogP contribution in [0.3, 0.4) is 0 Å². The Hall–Kier alpha value is -1.09. The Morgan fingerprint density at radius 2 is 2.05 bits per heavy atom. The summed E-state index contributed by atoms with van der Waals surface area (Å²) in [5, 5.41) is 4.60. The molecular weight excluding hydrogens is 264 g/mol. The van der Waals surface area contributed by atoms with Gasteiger partial charge in [-0.3, -0.25) is 0 Å². The largest absolute Gasteiger partial charge is 0.361 e. The Labute approximate surface area is 125 Å². The Morgan fingerprint density at radius 3 is 2.85 bits per heavy atom. The molecule has 1 aliphatic carbocycles. The molecule has 108 valence electrons. The zero-order valence-electron chi connectivity index (χ0n) is 12.5. The van der Waals surface area contributed by atoms with Crippen LogP contribution in [0.15, 0.2) is 18.2 Å². The number of benzene rings is 1. The molecule has 1 aliphatic rings. The Morgan fingerprint density at radius 1 is 1.25 bits per heavy atom. The Bertz CT molecular complexity index is 567. The highest BCUT2D eigenvalue weighted by Crippen LogP contribution is 2.31. The Kier molecular flexibility index (Phi) is 4.25. The lowest BCUT2D eigenvalue weighted by atomic mass is 9.81. The topological polar surface area (TPSA) is 24.9 Å². The number of fused-ring (bicyclic) bond motifs is 1. The van der Waals surface area contributed by atoms with Crippen molar-refractivity contribution >= 4 is 26.7 Å². The number of anilines is 1. The van der Waals surface area contributed by atoms with Gasteiger partial charge < -0.3 is 5.32 Å². The summed E-state index contributed by atoms with van der Waals surface area (Å²) in [6.45, 7) is 5.57. The zero-order chi connectivity index (χ0) is 13.9. The van der Waals surface area contributed by atoms with Crippen LogP contribution in [0.4, 0.5) is 5.13 Å². The van der Waals surface area contributed by atoms with Gasteiger partial charge in [0.25, 0.3) is 0 Å². The molecule has 0 unspecified atom stereocenters. The van der Waals surface area contributed by atoms with Gasteiger partial charge in [-0.15, -0.1) is 0 Å². The van der Waals surface area contributed by atoms with Gasteiger partial charge in [0, 0.05) is 6.54 Å². The molecule has 3 heteroatoms. The van der Waals surface area contributed by atoms with E-state index in [-0.39, 0.29) is 0 Å². The lowest BCUT2D eigenvalue weighted by molar-refractivity contribution is 0.282. The summed E-state index contributed by atoms with van der Waals surface area (Å²) < 4.78 is 1.28. The summed E-state index contributed by atoms with van der Waals surface area (Å²) in [6.07, 6.45) is 6.97. The maximum absolute atomic E-state index is 4.68. The van der Waals surface area contributed by atoms with Crippen LogP contribution in [-0.2, 0) is 0 Å². The fraction of sp³-hybridized carbons (Fsp3) is 0.588. The third kappa shape index (κ3) is 3.32. The van der Waals surface area contributed by atoms with Crippen molar-refractivity contribution in [3.63, 3.8) is 0 Å². The second kappa shape index (κ2) is 6.13. The normalized spacial score (nSPS) is 23.1. The molecule has 0 spiro atoms. The van der Waals surface area contributed by atoms with E-state index in [1.165, 1.54) is 42.4 Å². The van der Waals surface area contributed by atoms with Crippen LogP contribution < -0.4 is 5.32 Å². The average molecular weight is 288 g/mol. The van der Waals surface area contributed by atoms with Crippen molar-refractivity contribution in [2.45, 2.75) is 46.0 Å². The van der Waals surface area contributed by atoms with Crippen molar-refractivity contribution < 1.29 is 0 Å². The number of hydrogen-bond acceptors (Lipinski definition) is 3. The molecule has 2 nitrogen and oxygen atoms in total. The fourth-order valence-corrected chi connectivity index (χ4v) is 3.99. The van der Waals surface area contributed by atoms with Crippen molar-refractivity contribution in [3.05, 3.63) is 23.8 Å². The highest BCUT2D eigenvalue weighted by atomic mass is 32.1. The van der Waals surface area contributed by atoms with Gasteiger partial charge in [-0.05, 0) is 42.9 Å². The molecule has 1 N–H and O–H groups in total. The lowest BCUT2D eigenvalue weighted by Crippen LogP contribution is -2.15. The maximum Gasteiger partial charge on any atom is 0.183 e. The van der Waals surface area contributed by atoms with E-state index < -0.39 is 0 Å². The molecule has 1 aromatic heterocycles. The molecule has 0 saturated heterocycles. The van der Waals surface area contributed by atoms with Crippen LogP contribution in [-0.4, -0.2) is 11.5 Å². The average Bonchev–Trinajstić information content (AvgIpc) is 2.83. The smallest absolute Gasteiger partial charge is 0.183 e. The maximum atomic E-state index is 4.68. The summed E-state index contributed by atoms with van der Waals surface area (Å²) in [4.78, 5) is 4.68. The number of aryl methyl sites for hydroxylation is 1. The molecule has 0 amide bonds. The first-order valence-corrected chi connectivity index (χ1v) is 8.63. The van der Waals surface area contributed by atoms with Gasteiger partial charge in [0.15, 0.2) is 5.13 Å². The molecule has 0 atom stereocenters. The van der Waals surface area contributed by atoms with Gasteiger partial charge in [0.1, 0.15) is 0 Å². The second-order valence-electron chi connectivity index (χ2n) is 6.33. The monoisotopic (exact) mass is 288 g/mol. The molecule has 1 aromatic carbocycles. The zero-order valence-corrected chi connectivity index (χ0v) is 13.3. The molecular formula is C17H24N2S. The third-order valence-corrected chi connectivity index (χ3v) is 5.50. The van der Waals surface area contributed by atoms with E-state index in [1.807, 2.05) is 0 Å². The van der Waals surface area contributed by atoms with E-state index in [0.29, 0.717) is 0 Å². The van der Waals surface area contributed by atoms with E-state index in [4.69, 9.17) is 0 Å². The van der Waals surface area contributed by atoms with Crippen LogP contribution in [0.1, 0.15) is 44.6 Å². The van der Waals surface area contributed by atoms with E-state index in [2.05, 4.69) is 42.3 Å². The van der Waals surface area contributed by atoms with Crippen molar-refractivity contribution in [3.8, 4) is 0 Å². The fourth-order valence-electron chi connectivity index (χ4n) is 3.11. The Balaban J connectivity index is 1.52. The summed E-state index contributed by atoms with van der Waals surface area (Å²) in [6, 6.07) is 6.50. The molecule has 2 aromatic rings. The van der Waals surface area contributed by atoms with Gasteiger partial charge in [-0.25, -0.2) is 4.98 Å². The van der Waals surface area contributed by atoms with Gasteiger partial charge in [-0.2, -0.15) is 0 Å². The van der Waals surface area contributed by atoms with Gasteiger partial charge >= 0.3 is 0 Å². The quantitative estimate of drug-likeness (QED) is 0.833. The number of aromatic nitrogens is 1. The molecule has 1 fully saturated rings. The minimum atomic E-state index is 0.926. The minimum Gasteiger partial charge on any atom is -0.361 e. The van der Waals surface area contributed by atoms with Crippen LogP contribution in [0.2, 0.25) is 0 Å². The van der Waals surface area contributed by atoms with E-state index in [9.17, 15) is 0 Å². The summed E-state index contributed by atoms with van der Waals surface area (Å²) in [7, 11) is 0. The van der Waals surface area contributed by atoms with Crippen molar-refractivity contribution in [2.24, 2.45) is 11.8 Å². The SMILES string of the molecule is Cc1ccc2sc(NCCC3CCC(C)CC3)nc2c1. The predicted molar refractivity (Wildman–Crippen MR) is 88.6 cm³/mol. The van der Waals surface area contributed by atoms with E-state index >= 15 is 0 Å². The van der Waals surface area contributed by atoms with Crippen molar-refractivity contribution in [2.75, 3.05) is 11.9 Å². The lowest BCUT2D eigenvalue weighted by Gasteiger charge is -2.26. The molecule has 20 heavy (non-hydrogen) atoms. The molecule has 0 radical (unpaired) electrons. The number of hydrogen-bond donors (Lipinski definition) is 1. The number of rotatable bonds is 4. The number of nitrogens with zero attached hydrogens (tertiary/aromatic N) is 1. The van der Waals surface area contributed by atoms with Crippen LogP contribution in [0, 0.1) is 18.8 Å². The first-order valence-electron chi connectivity index (χ1n) is 7.82. The molecule has 3 rings (SSSR count). The van der Waals surface area contributed by atoms with Crippen LogP contribution in [0.5, 0.6) is 0 Å². The second-order valence-corrected chi connectivity index (χ2v) is 7.36. The molecule has 0 aliphatic heterocycles. The predicted octanol–water partition coefficient (Wildman–Crippen LogP) is 5.23. The van der Waals surface area contributed by atoms with Crippen molar-refractivity contribution in [1.82, 2.24) is 4.98 Å². The molecule has 1 heterocycles. The van der Waals surface area contributed by atoms with Gasteiger partial charge in [0.05, 0.1) is 10.2 Å². The standard InChI is InChI=1S/C17H24N2S/c1-12-3-6-14(7-4-12)9-10-18-17-19-15-11-13(2)5-8-16(15)20-17/h5,8,11-12,14H,3-4,6-7,9-10H2,1-2H3,(H,18,19). The minimum absolute atomic E-state index is 0.926. The highest BCUT2D eigenvalue weighted by Gasteiger charge is 2.17.